The summed E-state index contributed by atoms with van der Waals surface area (Å²) in [4.78, 5) is 9.39. The van der Waals surface area contributed by atoms with E-state index >= 15 is 0 Å². The van der Waals surface area contributed by atoms with Gasteiger partial charge in [-0.2, -0.15) is 0 Å². The third-order valence-electron chi connectivity index (χ3n) is 2.46. The van der Waals surface area contributed by atoms with Crippen molar-refractivity contribution in [3.63, 3.8) is 0 Å². The van der Waals surface area contributed by atoms with Crippen molar-refractivity contribution in [2.24, 2.45) is 0 Å². The van der Waals surface area contributed by atoms with E-state index in [0.717, 1.165) is 11.4 Å². The summed E-state index contributed by atoms with van der Waals surface area (Å²) in [7, 11) is 0. The average molecular weight is 261 g/mol. The van der Waals surface area contributed by atoms with Crippen LogP contribution in [0.1, 0.15) is 12.5 Å². The van der Waals surface area contributed by atoms with Crippen LogP contribution in [0.4, 0.5) is 16.0 Å². The molecular weight excluding hydrogens is 245 g/mol. The van der Waals surface area contributed by atoms with E-state index in [4.69, 9.17) is 4.84 Å². The van der Waals surface area contributed by atoms with Gasteiger partial charge in [0, 0.05) is 6.54 Å². The van der Waals surface area contributed by atoms with Crippen LogP contribution in [0.2, 0.25) is 0 Å². The van der Waals surface area contributed by atoms with Crippen molar-refractivity contribution >= 4 is 11.6 Å². The second kappa shape index (κ2) is 6.70. The normalized spacial score (nSPS) is 10.2. The highest BCUT2D eigenvalue weighted by Gasteiger charge is 1.98. The SMILES string of the molecule is CCONc1cccc(NCc2ccc(F)cc2)n1. The van der Waals surface area contributed by atoms with Gasteiger partial charge in [-0.3, -0.25) is 4.84 Å². The van der Waals surface area contributed by atoms with Crippen LogP contribution in [-0.4, -0.2) is 11.6 Å². The number of anilines is 2. The Labute approximate surface area is 111 Å². The summed E-state index contributed by atoms with van der Waals surface area (Å²) >= 11 is 0. The Kier molecular flexibility index (Phi) is 4.69. The predicted molar refractivity (Wildman–Crippen MR) is 73.2 cm³/mol. The zero-order valence-corrected chi connectivity index (χ0v) is 10.7. The van der Waals surface area contributed by atoms with Crippen molar-refractivity contribution in [2.75, 3.05) is 17.4 Å². The van der Waals surface area contributed by atoms with Crippen LogP contribution in [0.5, 0.6) is 0 Å². The lowest BCUT2D eigenvalue weighted by molar-refractivity contribution is 0.209. The largest absolute Gasteiger partial charge is 0.366 e. The molecule has 0 unspecified atom stereocenters. The highest BCUT2D eigenvalue weighted by atomic mass is 19.1. The fraction of sp³-hybridized carbons (Fsp3) is 0.214. The molecule has 2 rings (SSSR count). The van der Waals surface area contributed by atoms with E-state index in [2.05, 4.69) is 15.8 Å². The number of nitrogens with one attached hydrogen (secondary N) is 2. The summed E-state index contributed by atoms with van der Waals surface area (Å²) in [5, 5.41) is 3.17. The van der Waals surface area contributed by atoms with E-state index in [1.54, 1.807) is 12.1 Å². The molecule has 19 heavy (non-hydrogen) atoms. The zero-order valence-electron chi connectivity index (χ0n) is 10.7. The summed E-state index contributed by atoms with van der Waals surface area (Å²) in [6, 6.07) is 11.9. The summed E-state index contributed by atoms with van der Waals surface area (Å²) < 4.78 is 12.8. The van der Waals surface area contributed by atoms with E-state index < -0.39 is 0 Å². The smallest absolute Gasteiger partial charge is 0.152 e. The van der Waals surface area contributed by atoms with Gasteiger partial charge in [-0.15, -0.1) is 0 Å². The molecule has 1 aromatic heterocycles. The maximum atomic E-state index is 12.8. The second-order valence-electron chi connectivity index (χ2n) is 3.92. The Hall–Kier alpha value is -2.14. The number of rotatable bonds is 6. The van der Waals surface area contributed by atoms with E-state index in [-0.39, 0.29) is 5.82 Å². The zero-order chi connectivity index (χ0) is 13.5. The molecule has 4 nitrogen and oxygen atoms in total. The first-order valence-electron chi connectivity index (χ1n) is 6.11. The molecule has 2 N–H and O–H groups in total. The number of benzene rings is 1. The molecule has 0 saturated heterocycles. The Morgan fingerprint density at radius 2 is 1.84 bits per heavy atom. The maximum absolute atomic E-state index is 12.8. The quantitative estimate of drug-likeness (QED) is 0.784. The van der Waals surface area contributed by atoms with Crippen molar-refractivity contribution < 1.29 is 9.23 Å². The molecule has 0 atom stereocenters. The van der Waals surface area contributed by atoms with Crippen LogP contribution in [-0.2, 0) is 11.4 Å². The molecule has 0 radical (unpaired) electrons. The number of nitrogens with zero attached hydrogens (tertiary/aromatic N) is 1. The monoisotopic (exact) mass is 261 g/mol. The van der Waals surface area contributed by atoms with Crippen LogP contribution >= 0.6 is 0 Å². The van der Waals surface area contributed by atoms with Crippen LogP contribution in [0.25, 0.3) is 0 Å². The minimum atomic E-state index is -0.232. The first-order chi connectivity index (χ1) is 9.28. The van der Waals surface area contributed by atoms with Crippen LogP contribution in [0.15, 0.2) is 42.5 Å². The van der Waals surface area contributed by atoms with Gasteiger partial charge in [-0.25, -0.2) is 14.9 Å². The Morgan fingerprint density at radius 3 is 2.58 bits per heavy atom. The lowest BCUT2D eigenvalue weighted by Crippen LogP contribution is -2.05. The summed E-state index contributed by atoms with van der Waals surface area (Å²) in [6.07, 6.45) is 0. The Morgan fingerprint density at radius 1 is 1.11 bits per heavy atom. The van der Waals surface area contributed by atoms with Gasteiger partial charge in [0.15, 0.2) is 5.82 Å². The van der Waals surface area contributed by atoms with Crippen molar-refractivity contribution in [3.05, 3.63) is 53.8 Å². The minimum Gasteiger partial charge on any atom is -0.366 e. The lowest BCUT2D eigenvalue weighted by Gasteiger charge is -2.08. The van der Waals surface area contributed by atoms with Gasteiger partial charge < -0.3 is 5.32 Å². The average Bonchev–Trinajstić information content (AvgIpc) is 2.45. The van der Waals surface area contributed by atoms with Crippen molar-refractivity contribution in [2.45, 2.75) is 13.5 Å². The summed E-state index contributed by atoms with van der Waals surface area (Å²) in [6.45, 7) is 3.05. The molecular formula is C14H16FN3O. The van der Waals surface area contributed by atoms with Crippen LogP contribution < -0.4 is 10.8 Å². The molecule has 0 amide bonds. The molecule has 1 aromatic carbocycles. The minimum absolute atomic E-state index is 0.232. The second-order valence-corrected chi connectivity index (χ2v) is 3.92. The Balaban J connectivity index is 1.93. The van der Waals surface area contributed by atoms with Crippen molar-refractivity contribution in [1.29, 1.82) is 0 Å². The number of hydrogen-bond donors (Lipinski definition) is 2. The molecule has 0 aliphatic carbocycles. The third kappa shape index (κ3) is 4.22. The summed E-state index contributed by atoms with van der Waals surface area (Å²) in [5.74, 6) is 1.14. The first-order valence-corrected chi connectivity index (χ1v) is 6.11. The molecule has 2 aromatic rings. The molecule has 0 spiro atoms. The van der Waals surface area contributed by atoms with Gasteiger partial charge >= 0.3 is 0 Å². The Bertz CT molecular complexity index is 516. The molecule has 0 fully saturated rings. The van der Waals surface area contributed by atoms with Crippen LogP contribution in [0.3, 0.4) is 0 Å². The van der Waals surface area contributed by atoms with E-state index in [0.29, 0.717) is 19.0 Å². The van der Waals surface area contributed by atoms with Gasteiger partial charge in [0.1, 0.15) is 11.6 Å². The topological polar surface area (TPSA) is 46.2 Å². The van der Waals surface area contributed by atoms with Crippen LogP contribution in [0, 0.1) is 5.82 Å². The van der Waals surface area contributed by atoms with Crippen molar-refractivity contribution in [3.8, 4) is 0 Å². The molecule has 100 valence electrons. The van der Waals surface area contributed by atoms with E-state index in [9.17, 15) is 4.39 Å². The fourth-order valence-corrected chi connectivity index (χ4v) is 1.53. The molecule has 5 heteroatoms. The highest BCUT2D eigenvalue weighted by molar-refractivity contribution is 5.44. The van der Waals surface area contributed by atoms with E-state index in [1.807, 2.05) is 25.1 Å². The van der Waals surface area contributed by atoms with Gasteiger partial charge in [0.2, 0.25) is 0 Å². The number of aromatic nitrogens is 1. The number of hydrogen-bond acceptors (Lipinski definition) is 4. The molecule has 0 saturated carbocycles. The summed E-state index contributed by atoms with van der Waals surface area (Å²) in [5.41, 5.74) is 3.73. The lowest BCUT2D eigenvalue weighted by atomic mass is 10.2. The van der Waals surface area contributed by atoms with Gasteiger partial charge in [-0.05, 0) is 36.8 Å². The standard InChI is InChI=1S/C14H16FN3O/c1-2-19-18-14-5-3-4-13(17-14)16-10-11-6-8-12(15)9-7-11/h3-9H,2,10H2,1H3,(H2,16,17,18). The fourth-order valence-electron chi connectivity index (χ4n) is 1.53. The molecule has 1 heterocycles. The van der Waals surface area contributed by atoms with Gasteiger partial charge in [0.25, 0.3) is 0 Å². The highest BCUT2D eigenvalue weighted by Crippen LogP contribution is 2.11. The van der Waals surface area contributed by atoms with E-state index in [1.165, 1.54) is 12.1 Å². The number of halogens is 1. The predicted octanol–water partition coefficient (Wildman–Crippen LogP) is 3.20. The first kappa shape index (κ1) is 13.3. The van der Waals surface area contributed by atoms with Crippen molar-refractivity contribution in [1.82, 2.24) is 4.98 Å². The maximum Gasteiger partial charge on any atom is 0.152 e. The molecule has 0 aliphatic rings. The molecule has 0 bridgehead atoms. The van der Waals surface area contributed by atoms with Gasteiger partial charge in [-0.1, -0.05) is 18.2 Å². The van der Waals surface area contributed by atoms with Gasteiger partial charge in [0.05, 0.1) is 6.61 Å². The molecule has 0 aliphatic heterocycles. The third-order valence-corrected chi connectivity index (χ3v) is 2.46. The number of pyridine rings is 1.